The standard InChI is InChI=1S/C15H18N2O2S/c1-17(2)11-4-5-12(8-11)19-14-6-3-10-7-13(9-18)20-15(10)16-14/h3,6-7,9,11-12H,4-5,8H2,1-2H3. The number of thiophene rings is 1. The molecule has 0 radical (unpaired) electrons. The van der Waals surface area contributed by atoms with E-state index in [0.717, 1.165) is 29.3 Å². The van der Waals surface area contributed by atoms with E-state index in [1.54, 1.807) is 0 Å². The van der Waals surface area contributed by atoms with Crippen LogP contribution < -0.4 is 4.74 Å². The van der Waals surface area contributed by atoms with Crippen LogP contribution in [0.25, 0.3) is 10.2 Å². The first-order valence-corrected chi connectivity index (χ1v) is 7.66. The van der Waals surface area contributed by atoms with E-state index in [0.29, 0.717) is 16.8 Å². The second-order valence-electron chi connectivity index (χ2n) is 5.48. The highest BCUT2D eigenvalue weighted by Gasteiger charge is 2.27. The van der Waals surface area contributed by atoms with Crippen molar-refractivity contribution in [3.63, 3.8) is 0 Å². The summed E-state index contributed by atoms with van der Waals surface area (Å²) >= 11 is 1.41. The van der Waals surface area contributed by atoms with E-state index >= 15 is 0 Å². The van der Waals surface area contributed by atoms with E-state index in [-0.39, 0.29) is 6.10 Å². The number of aldehydes is 1. The minimum Gasteiger partial charge on any atom is -0.474 e. The molecule has 2 aromatic heterocycles. The highest BCUT2D eigenvalue weighted by Crippen LogP contribution is 2.29. The molecule has 0 amide bonds. The molecule has 1 saturated carbocycles. The molecule has 0 aliphatic heterocycles. The molecule has 0 aromatic carbocycles. The van der Waals surface area contributed by atoms with Crippen molar-refractivity contribution in [3.05, 3.63) is 23.1 Å². The van der Waals surface area contributed by atoms with Crippen molar-refractivity contribution in [2.24, 2.45) is 0 Å². The molecular weight excluding hydrogens is 272 g/mol. The van der Waals surface area contributed by atoms with Gasteiger partial charge in [-0.2, -0.15) is 0 Å². The number of ether oxygens (including phenoxy) is 1. The number of fused-ring (bicyclic) bond motifs is 1. The first kappa shape index (κ1) is 13.5. The van der Waals surface area contributed by atoms with Gasteiger partial charge in [0.05, 0.1) is 4.88 Å². The predicted molar refractivity (Wildman–Crippen MR) is 80.7 cm³/mol. The molecule has 1 fully saturated rings. The highest BCUT2D eigenvalue weighted by atomic mass is 32.1. The SMILES string of the molecule is CN(C)C1CCC(Oc2ccc3cc(C=O)sc3n2)C1. The summed E-state index contributed by atoms with van der Waals surface area (Å²) in [5, 5.41) is 1.00. The van der Waals surface area contributed by atoms with E-state index in [9.17, 15) is 4.79 Å². The van der Waals surface area contributed by atoms with Crippen LogP contribution in [0.5, 0.6) is 5.88 Å². The lowest BCUT2D eigenvalue weighted by molar-refractivity contribution is 0.112. The first-order valence-electron chi connectivity index (χ1n) is 6.84. The molecule has 0 N–H and O–H groups in total. The number of carbonyl (C=O) groups is 1. The van der Waals surface area contributed by atoms with Crippen LogP contribution in [-0.2, 0) is 0 Å². The average molecular weight is 290 g/mol. The fourth-order valence-electron chi connectivity index (χ4n) is 2.71. The number of aromatic nitrogens is 1. The second kappa shape index (κ2) is 5.50. The molecule has 2 unspecified atom stereocenters. The Morgan fingerprint density at radius 2 is 2.25 bits per heavy atom. The van der Waals surface area contributed by atoms with Gasteiger partial charge >= 0.3 is 0 Å². The van der Waals surface area contributed by atoms with E-state index in [2.05, 4.69) is 24.0 Å². The van der Waals surface area contributed by atoms with E-state index in [1.165, 1.54) is 17.8 Å². The minimum atomic E-state index is 0.248. The number of nitrogens with zero attached hydrogens (tertiary/aromatic N) is 2. The quantitative estimate of drug-likeness (QED) is 0.812. The van der Waals surface area contributed by atoms with Gasteiger partial charge in [0.2, 0.25) is 5.88 Å². The smallest absolute Gasteiger partial charge is 0.214 e. The Morgan fingerprint density at radius 3 is 2.95 bits per heavy atom. The monoisotopic (exact) mass is 290 g/mol. The Kier molecular flexibility index (Phi) is 3.72. The lowest BCUT2D eigenvalue weighted by Gasteiger charge is -2.19. The van der Waals surface area contributed by atoms with Gasteiger partial charge < -0.3 is 9.64 Å². The molecule has 2 atom stereocenters. The predicted octanol–water partition coefficient (Wildman–Crippen LogP) is 2.97. The molecule has 1 aliphatic carbocycles. The zero-order chi connectivity index (χ0) is 14.1. The van der Waals surface area contributed by atoms with Crippen LogP contribution in [0.4, 0.5) is 0 Å². The van der Waals surface area contributed by atoms with Gasteiger partial charge in [0, 0.05) is 17.5 Å². The van der Waals surface area contributed by atoms with Gasteiger partial charge in [0.25, 0.3) is 0 Å². The first-order chi connectivity index (χ1) is 9.65. The summed E-state index contributed by atoms with van der Waals surface area (Å²) in [7, 11) is 4.23. The summed E-state index contributed by atoms with van der Waals surface area (Å²) in [5.74, 6) is 0.668. The van der Waals surface area contributed by atoms with Crippen molar-refractivity contribution < 1.29 is 9.53 Å². The lowest BCUT2D eigenvalue weighted by Crippen LogP contribution is -2.26. The number of rotatable bonds is 4. The third-order valence-corrected chi connectivity index (χ3v) is 4.84. The summed E-state index contributed by atoms with van der Waals surface area (Å²) in [6.45, 7) is 0. The maximum Gasteiger partial charge on any atom is 0.214 e. The van der Waals surface area contributed by atoms with E-state index in [4.69, 9.17) is 4.74 Å². The van der Waals surface area contributed by atoms with Crippen LogP contribution in [0.3, 0.4) is 0 Å². The number of hydrogen-bond donors (Lipinski definition) is 0. The van der Waals surface area contributed by atoms with Gasteiger partial charge in [0.1, 0.15) is 10.9 Å². The molecule has 0 spiro atoms. The maximum absolute atomic E-state index is 10.8. The summed E-state index contributed by atoms with van der Waals surface area (Å²) in [6, 6.07) is 6.33. The third-order valence-electron chi connectivity index (χ3n) is 3.87. The Bertz CT molecular complexity index is 623. The van der Waals surface area contributed by atoms with Crippen LogP contribution in [0.15, 0.2) is 18.2 Å². The van der Waals surface area contributed by atoms with Gasteiger partial charge in [-0.25, -0.2) is 4.98 Å². The molecule has 20 heavy (non-hydrogen) atoms. The molecule has 106 valence electrons. The van der Waals surface area contributed by atoms with Crippen LogP contribution >= 0.6 is 11.3 Å². The molecule has 1 aliphatic rings. The van der Waals surface area contributed by atoms with Crippen molar-refractivity contribution in [3.8, 4) is 5.88 Å². The van der Waals surface area contributed by atoms with Gasteiger partial charge in [-0.15, -0.1) is 11.3 Å². The Balaban J connectivity index is 1.73. The molecule has 2 heterocycles. The van der Waals surface area contributed by atoms with Crippen LogP contribution in [0.1, 0.15) is 28.9 Å². The number of hydrogen-bond acceptors (Lipinski definition) is 5. The highest BCUT2D eigenvalue weighted by molar-refractivity contribution is 7.20. The van der Waals surface area contributed by atoms with Crippen molar-refractivity contribution in [1.82, 2.24) is 9.88 Å². The molecule has 3 rings (SSSR count). The summed E-state index contributed by atoms with van der Waals surface area (Å²) < 4.78 is 5.99. The fourth-order valence-corrected chi connectivity index (χ4v) is 3.55. The third kappa shape index (κ3) is 2.69. The average Bonchev–Trinajstić information content (AvgIpc) is 3.04. The number of pyridine rings is 1. The number of carbonyl (C=O) groups excluding carboxylic acids is 1. The van der Waals surface area contributed by atoms with Gasteiger partial charge in [0.15, 0.2) is 6.29 Å². The second-order valence-corrected chi connectivity index (χ2v) is 6.54. The van der Waals surface area contributed by atoms with Crippen molar-refractivity contribution >= 4 is 27.8 Å². The molecule has 5 heteroatoms. The van der Waals surface area contributed by atoms with Crippen LogP contribution in [-0.4, -0.2) is 42.4 Å². The van der Waals surface area contributed by atoms with E-state index < -0.39 is 0 Å². The Morgan fingerprint density at radius 1 is 1.40 bits per heavy atom. The van der Waals surface area contributed by atoms with Crippen LogP contribution in [0, 0.1) is 0 Å². The minimum absolute atomic E-state index is 0.248. The van der Waals surface area contributed by atoms with E-state index in [1.807, 2.05) is 18.2 Å². The van der Waals surface area contributed by atoms with Crippen molar-refractivity contribution in [2.75, 3.05) is 14.1 Å². The molecule has 2 aromatic rings. The molecular formula is C15H18N2O2S. The van der Waals surface area contributed by atoms with Crippen molar-refractivity contribution in [2.45, 2.75) is 31.4 Å². The van der Waals surface area contributed by atoms with Crippen LogP contribution in [0.2, 0.25) is 0 Å². The Hall–Kier alpha value is -1.46. The summed E-state index contributed by atoms with van der Waals surface area (Å²) in [5.41, 5.74) is 0. The zero-order valence-corrected chi connectivity index (χ0v) is 12.5. The maximum atomic E-state index is 10.8. The van der Waals surface area contributed by atoms with Gasteiger partial charge in [-0.05, 0) is 45.5 Å². The van der Waals surface area contributed by atoms with Gasteiger partial charge in [-0.1, -0.05) is 0 Å². The topological polar surface area (TPSA) is 42.4 Å². The lowest BCUT2D eigenvalue weighted by atomic mass is 10.2. The van der Waals surface area contributed by atoms with Gasteiger partial charge in [-0.3, -0.25) is 4.79 Å². The summed E-state index contributed by atoms with van der Waals surface area (Å²) in [6.07, 6.45) is 4.42. The largest absolute Gasteiger partial charge is 0.474 e. The van der Waals surface area contributed by atoms with Crippen molar-refractivity contribution in [1.29, 1.82) is 0 Å². The molecule has 4 nitrogen and oxygen atoms in total. The Labute approximate surface area is 122 Å². The summed E-state index contributed by atoms with van der Waals surface area (Å²) in [4.78, 5) is 19.1. The normalized spacial score (nSPS) is 22.6. The fraction of sp³-hybridized carbons (Fsp3) is 0.467. The molecule has 0 saturated heterocycles. The molecule has 0 bridgehead atoms. The zero-order valence-electron chi connectivity index (χ0n) is 11.7.